The Morgan fingerprint density at radius 3 is 1.38 bits per heavy atom. The lowest BCUT2D eigenvalue weighted by molar-refractivity contribution is -0.301. The van der Waals surface area contributed by atoms with Crippen molar-refractivity contribution in [1.82, 2.24) is 0 Å². The average Bonchev–Trinajstić information content (AvgIpc) is 3.37. The molecule has 0 saturated carbocycles. The molecule has 0 aliphatic carbocycles. The van der Waals surface area contributed by atoms with Gasteiger partial charge in [-0.25, -0.2) is 4.18 Å². The van der Waals surface area contributed by atoms with Gasteiger partial charge in [0, 0.05) is 13.0 Å². The van der Waals surface area contributed by atoms with Crippen LogP contribution in [0.3, 0.4) is 0 Å². The summed E-state index contributed by atoms with van der Waals surface area (Å²) in [5, 5.41) is 30.9. The second-order valence-corrected chi connectivity index (χ2v) is 21.3. The third-order valence-corrected chi connectivity index (χ3v) is 13.9. The molecule has 1 fully saturated rings. The Kier molecular flexibility index (Phi) is 47.7. The second-order valence-electron chi connectivity index (χ2n) is 20.2. The first-order chi connectivity index (χ1) is 35.6. The van der Waals surface area contributed by atoms with Crippen molar-refractivity contribution in [1.29, 1.82) is 0 Å². The highest BCUT2D eigenvalue weighted by Crippen LogP contribution is 2.26. The standard InChI is InChI=1S/C60H108O12S/c1-3-5-7-9-11-13-15-17-19-21-23-25-27-29-31-33-35-37-39-41-43-45-47-49-56(62)70-54(53-69-60-58(64)59(72-73(65,66)67)57(63)55(51-61)71-60)52-68-50-48-46-44-42-40-38-36-34-32-30-28-26-24-22-20-18-16-14-12-10-8-6-4-2/h5,7,11,13,17,19,23,25,29,31,54-55,57-61,63-64H,3-4,6,8-10,12,14-16,18,20-22,24,26-28,30,32-53H2,1-2H3,(H,65,66,67)/b7-5-,13-11-,19-17-,25-23-,31-29-. The van der Waals surface area contributed by atoms with Crippen molar-refractivity contribution >= 4 is 16.4 Å². The molecule has 0 aromatic rings. The van der Waals surface area contributed by atoms with Gasteiger partial charge >= 0.3 is 16.4 Å². The summed E-state index contributed by atoms with van der Waals surface area (Å²) in [5.74, 6) is -0.407. The van der Waals surface area contributed by atoms with Crippen LogP contribution < -0.4 is 0 Å². The summed E-state index contributed by atoms with van der Waals surface area (Å²) in [5.41, 5.74) is 0. The summed E-state index contributed by atoms with van der Waals surface area (Å²) in [6.45, 7) is 3.91. The number of aliphatic hydroxyl groups is 3. The SMILES string of the molecule is CC/C=C\C/C=C\C/C=C\C/C=C\C/C=C\CCCCCCCCCC(=O)OC(COCCCCCCCCCCCCCCCCCCCCCCCCC)COC1OC(CO)C(O)C(OS(=O)(=O)O)C1O. The largest absolute Gasteiger partial charge is 0.457 e. The number of carbonyl (C=O) groups excluding carboxylic acids is 1. The van der Waals surface area contributed by atoms with E-state index in [0.717, 1.165) is 83.5 Å². The smallest absolute Gasteiger partial charge is 0.397 e. The Labute approximate surface area is 446 Å². The van der Waals surface area contributed by atoms with E-state index >= 15 is 0 Å². The fourth-order valence-corrected chi connectivity index (χ4v) is 9.50. The van der Waals surface area contributed by atoms with Gasteiger partial charge in [-0.2, -0.15) is 8.42 Å². The summed E-state index contributed by atoms with van der Waals surface area (Å²) in [6.07, 6.45) is 56.9. The summed E-state index contributed by atoms with van der Waals surface area (Å²) in [4.78, 5) is 13.0. The Balaban J connectivity index is 2.30. The molecular formula is C60H108O12S. The maximum Gasteiger partial charge on any atom is 0.397 e. The summed E-state index contributed by atoms with van der Waals surface area (Å²) in [6, 6.07) is 0. The zero-order chi connectivity index (χ0) is 53.1. The van der Waals surface area contributed by atoms with Crippen LogP contribution in [0.25, 0.3) is 0 Å². The van der Waals surface area contributed by atoms with Crippen molar-refractivity contribution in [3.05, 3.63) is 60.8 Å². The molecule has 13 heteroatoms. The van der Waals surface area contributed by atoms with Crippen molar-refractivity contribution < 1.29 is 56.2 Å². The molecule has 0 aromatic heterocycles. The lowest BCUT2D eigenvalue weighted by Gasteiger charge is -2.41. The summed E-state index contributed by atoms with van der Waals surface area (Å²) in [7, 11) is -5.07. The minimum absolute atomic E-state index is 0.0322. The van der Waals surface area contributed by atoms with Crippen LogP contribution in [0.5, 0.6) is 0 Å². The minimum atomic E-state index is -5.07. The van der Waals surface area contributed by atoms with E-state index in [1.54, 1.807) is 0 Å². The molecule has 0 amide bonds. The van der Waals surface area contributed by atoms with E-state index in [1.165, 1.54) is 141 Å². The van der Waals surface area contributed by atoms with Crippen molar-refractivity contribution in [3.8, 4) is 0 Å². The average molecular weight is 1050 g/mol. The first kappa shape index (κ1) is 68.8. The molecule has 6 unspecified atom stereocenters. The molecule has 1 aliphatic heterocycles. The van der Waals surface area contributed by atoms with Gasteiger partial charge in [0.2, 0.25) is 0 Å². The predicted molar refractivity (Wildman–Crippen MR) is 299 cm³/mol. The molecule has 4 N–H and O–H groups in total. The first-order valence-corrected chi connectivity index (χ1v) is 30.9. The summed E-state index contributed by atoms with van der Waals surface area (Å²) >= 11 is 0. The van der Waals surface area contributed by atoms with Crippen LogP contribution >= 0.6 is 0 Å². The monoisotopic (exact) mass is 1050 g/mol. The van der Waals surface area contributed by atoms with Crippen molar-refractivity contribution in [2.45, 2.75) is 288 Å². The number of ether oxygens (including phenoxy) is 4. The zero-order valence-electron chi connectivity index (χ0n) is 46.2. The van der Waals surface area contributed by atoms with Crippen molar-refractivity contribution in [3.63, 3.8) is 0 Å². The number of aliphatic hydroxyl groups excluding tert-OH is 3. The van der Waals surface area contributed by atoms with Gasteiger partial charge in [-0.15, -0.1) is 0 Å². The van der Waals surface area contributed by atoms with E-state index in [4.69, 9.17) is 18.9 Å². The molecule has 0 aromatic carbocycles. The molecule has 0 bridgehead atoms. The molecular weight excluding hydrogens is 945 g/mol. The summed E-state index contributed by atoms with van der Waals surface area (Å²) < 4.78 is 59.5. The highest BCUT2D eigenvalue weighted by Gasteiger charge is 2.48. The van der Waals surface area contributed by atoms with E-state index in [-0.39, 0.29) is 19.6 Å². The minimum Gasteiger partial charge on any atom is -0.457 e. The van der Waals surface area contributed by atoms with Crippen molar-refractivity contribution in [2.24, 2.45) is 0 Å². The van der Waals surface area contributed by atoms with Gasteiger partial charge < -0.3 is 34.3 Å². The van der Waals surface area contributed by atoms with Gasteiger partial charge in [0.05, 0.1) is 19.8 Å². The molecule has 1 rings (SSSR count). The number of hydrogen-bond acceptors (Lipinski definition) is 11. The van der Waals surface area contributed by atoms with Gasteiger partial charge in [-0.3, -0.25) is 9.35 Å². The highest BCUT2D eigenvalue weighted by molar-refractivity contribution is 7.80. The third-order valence-electron chi connectivity index (χ3n) is 13.4. The van der Waals surface area contributed by atoms with E-state index in [2.05, 4.69) is 78.8 Å². The fraction of sp³-hybridized carbons (Fsp3) is 0.817. The number of esters is 1. The van der Waals surface area contributed by atoms with Gasteiger partial charge in [0.25, 0.3) is 0 Å². The Bertz CT molecular complexity index is 1500. The van der Waals surface area contributed by atoms with Gasteiger partial charge in [0.15, 0.2) is 6.29 Å². The molecule has 426 valence electrons. The Morgan fingerprint density at radius 1 is 0.534 bits per heavy atom. The van der Waals surface area contributed by atoms with E-state index in [1.807, 2.05) is 0 Å². The van der Waals surface area contributed by atoms with E-state index in [0.29, 0.717) is 13.0 Å². The maximum absolute atomic E-state index is 13.0. The lowest BCUT2D eigenvalue weighted by Crippen LogP contribution is -2.60. The highest BCUT2D eigenvalue weighted by atomic mass is 32.3. The van der Waals surface area contributed by atoms with E-state index in [9.17, 15) is 33.1 Å². The number of unbranched alkanes of at least 4 members (excludes halogenated alkanes) is 29. The molecule has 1 saturated heterocycles. The third kappa shape index (κ3) is 43.6. The van der Waals surface area contributed by atoms with Crippen molar-refractivity contribution in [2.75, 3.05) is 26.4 Å². The lowest BCUT2D eigenvalue weighted by atomic mass is 9.99. The Morgan fingerprint density at radius 2 is 0.945 bits per heavy atom. The molecule has 1 heterocycles. The quantitative estimate of drug-likeness (QED) is 0.0196. The van der Waals surface area contributed by atoms with Crippen LogP contribution in [0.4, 0.5) is 0 Å². The number of rotatable bonds is 52. The van der Waals surface area contributed by atoms with Gasteiger partial charge in [0.1, 0.15) is 30.5 Å². The van der Waals surface area contributed by atoms with Gasteiger partial charge in [-0.1, -0.05) is 248 Å². The molecule has 73 heavy (non-hydrogen) atoms. The number of carbonyl (C=O) groups is 1. The normalized spacial score (nSPS) is 19.2. The first-order valence-electron chi connectivity index (χ1n) is 29.5. The number of hydrogen-bond donors (Lipinski definition) is 4. The van der Waals surface area contributed by atoms with E-state index < -0.39 is 59.8 Å². The Hall–Kier alpha value is -2.20. The topological polar surface area (TPSA) is 178 Å². The molecule has 0 spiro atoms. The van der Waals surface area contributed by atoms with Crippen LogP contribution in [0.2, 0.25) is 0 Å². The van der Waals surface area contributed by atoms with Gasteiger partial charge in [-0.05, 0) is 57.8 Å². The number of allylic oxidation sites excluding steroid dienone is 10. The molecule has 12 nitrogen and oxygen atoms in total. The maximum atomic E-state index is 13.0. The second kappa shape index (κ2) is 50.6. The van der Waals surface area contributed by atoms with Crippen LogP contribution in [0.1, 0.15) is 251 Å². The van der Waals surface area contributed by atoms with Crippen LogP contribution in [0.15, 0.2) is 60.8 Å². The zero-order valence-corrected chi connectivity index (χ0v) is 47.0. The molecule has 1 aliphatic rings. The van der Waals surface area contributed by atoms with Crippen LogP contribution in [-0.2, 0) is 38.3 Å². The van der Waals surface area contributed by atoms with Crippen LogP contribution in [0, 0.1) is 0 Å². The van der Waals surface area contributed by atoms with Crippen LogP contribution in [-0.4, -0.2) is 97.5 Å². The molecule has 0 radical (unpaired) electrons. The molecule has 6 atom stereocenters. The fourth-order valence-electron chi connectivity index (χ4n) is 9.00. The predicted octanol–water partition coefficient (Wildman–Crippen LogP) is 14.8.